The Hall–Kier alpha value is -1.36. The minimum absolute atomic E-state index is 0.208. The van der Waals surface area contributed by atoms with Crippen LogP contribution in [0.2, 0.25) is 0 Å². The minimum Gasteiger partial charge on any atom is -0.396 e. The zero-order valence-corrected chi connectivity index (χ0v) is 11.8. The van der Waals surface area contributed by atoms with Crippen molar-refractivity contribution in [3.8, 4) is 0 Å². The molecule has 0 saturated heterocycles. The third-order valence-electron chi connectivity index (χ3n) is 2.99. The van der Waals surface area contributed by atoms with Crippen molar-refractivity contribution in [2.24, 2.45) is 0 Å². The molecular formula is C13H24N4O. The largest absolute Gasteiger partial charge is 0.396 e. The van der Waals surface area contributed by atoms with Crippen LogP contribution in [0.5, 0.6) is 0 Å². The second-order valence-electron chi connectivity index (χ2n) is 4.20. The van der Waals surface area contributed by atoms with Crippen LogP contribution in [0, 0.1) is 6.92 Å². The Bertz CT molecular complexity index is 381. The molecule has 0 aliphatic heterocycles. The molecule has 5 heteroatoms. The van der Waals surface area contributed by atoms with Gasteiger partial charge in [-0.2, -0.15) is 0 Å². The van der Waals surface area contributed by atoms with Crippen molar-refractivity contribution >= 4 is 11.6 Å². The number of nitrogens with one attached hydrogen (secondary N) is 1. The van der Waals surface area contributed by atoms with Gasteiger partial charge in [-0.3, -0.25) is 0 Å². The second kappa shape index (κ2) is 7.16. The highest BCUT2D eigenvalue weighted by molar-refractivity contribution is 5.58. The summed E-state index contributed by atoms with van der Waals surface area (Å²) in [6.07, 6.45) is 1.58. The van der Waals surface area contributed by atoms with Gasteiger partial charge in [-0.1, -0.05) is 6.92 Å². The summed E-state index contributed by atoms with van der Waals surface area (Å²) in [5.74, 6) is 2.71. The van der Waals surface area contributed by atoms with Gasteiger partial charge in [0.2, 0.25) is 0 Å². The van der Waals surface area contributed by atoms with Gasteiger partial charge in [0.1, 0.15) is 17.5 Å². The normalized spacial score (nSPS) is 10.5. The van der Waals surface area contributed by atoms with Gasteiger partial charge in [-0.15, -0.1) is 0 Å². The first-order chi connectivity index (χ1) is 8.67. The summed E-state index contributed by atoms with van der Waals surface area (Å²) >= 11 is 0. The first-order valence-corrected chi connectivity index (χ1v) is 6.58. The van der Waals surface area contributed by atoms with Crippen LogP contribution in [0.1, 0.15) is 31.7 Å². The molecule has 0 radical (unpaired) electrons. The van der Waals surface area contributed by atoms with E-state index in [0.717, 1.165) is 49.0 Å². The summed E-state index contributed by atoms with van der Waals surface area (Å²) in [6.45, 7) is 8.09. The summed E-state index contributed by atoms with van der Waals surface area (Å²) in [5.41, 5.74) is 1.06. The third kappa shape index (κ3) is 3.32. The molecule has 1 aromatic heterocycles. The van der Waals surface area contributed by atoms with E-state index in [0.29, 0.717) is 0 Å². The molecule has 5 nitrogen and oxygen atoms in total. The average molecular weight is 252 g/mol. The van der Waals surface area contributed by atoms with Crippen LogP contribution in [0.25, 0.3) is 0 Å². The smallest absolute Gasteiger partial charge is 0.137 e. The molecule has 102 valence electrons. The van der Waals surface area contributed by atoms with Gasteiger partial charge in [-0.25, -0.2) is 9.97 Å². The maximum Gasteiger partial charge on any atom is 0.137 e. The summed E-state index contributed by atoms with van der Waals surface area (Å²) in [6, 6.07) is 0. The van der Waals surface area contributed by atoms with Crippen molar-refractivity contribution in [2.45, 2.75) is 33.6 Å². The average Bonchev–Trinajstić information content (AvgIpc) is 2.41. The molecule has 1 heterocycles. The zero-order chi connectivity index (χ0) is 13.5. The summed E-state index contributed by atoms with van der Waals surface area (Å²) < 4.78 is 0. The van der Waals surface area contributed by atoms with Gasteiger partial charge >= 0.3 is 0 Å². The molecule has 0 aliphatic rings. The standard InChI is InChI=1S/C13H24N4O/c1-5-11-15-12(14-4)10(3)13(16-11)17(6-2)8-7-9-18/h18H,5-9H2,1-4H3,(H,14,15,16). The topological polar surface area (TPSA) is 61.3 Å². The van der Waals surface area contributed by atoms with Crippen molar-refractivity contribution in [2.75, 3.05) is 37.0 Å². The molecule has 0 bridgehead atoms. The van der Waals surface area contributed by atoms with Crippen LogP contribution in [-0.2, 0) is 6.42 Å². The zero-order valence-electron chi connectivity index (χ0n) is 11.8. The van der Waals surface area contributed by atoms with Crippen molar-refractivity contribution in [1.82, 2.24) is 9.97 Å². The number of aromatic nitrogens is 2. The van der Waals surface area contributed by atoms with E-state index >= 15 is 0 Å². The van der Waals surface area contributed by atoms with Crippen molar-refractivity contribution in [1.29, 1.82) is 0 Å². The molecule has 1 rings (SSSR count). The number of anilines is 2. The number of aliphatic hydroxyl groups excluding tert-OH is 1. The Morgan fingerprint density at radius 1 is 1.28 bits per heavy atom. The Labute approximate surface area is 109 Å². The second-order valence-corrected chi connectivity index (χ2v) is 4.20. The van der Waals surface area contributed by atoms with E-state index in [4.69, 9.17) is 5.11 Å². The quantitative estimate of drug-likeness (QED) is 0.772. The Morgan fingerprint density at radius 3 is 2.50 bits per heavy atom. The number of rotatable bonds is 7. The molecule has 0 saturated carbocycles. The summed E-state index contributed by atoms with van der Waals surface area (Å²) in [5, 5.41) is 12.1. The fraction of sp³-hybridized carbons (Fsp3) is 0.692. The van der Waals surface area contributed by atoms with Gasteiger partial charge in [0.25, 0.3) is 0 Å². The van der Waals surface area contributed by atoms with E-state index in [1.165, 1.54) is 0 Å². The Morgan fingerprint density at radius 2 is 2.00 bits per heavy atom. The number of hydrogen-bond acceptors (Lipinski definition) is 5. The molecule has 0 amide bonds. The fourth-order valence-corrected chi connectivity index (χ4v) is 1.93. The SMILES string of the molecule is CCc1nc(NC)c(C)c(N(CC)CCCO)n1. The highest BCUT2D eigenvalue weighted by atomic mass is 16.3. The van der Waals surface area contributed by atoms with Gasteiger partial charge in [-0.05, 0) is 20.3 Å². The molecule has 0 fully saturated rings. The monoisotopic (exact) mass is 252 g/mol. The predicted molar refractivity (Wildman–Crippen MR) is 75.3 cm³/mol. The lowest BCUT2D eigenvalue weighted by atomic mass is 10.2. The van der Waals surface area contributed by atoms with Crippen LogP contribution in [0.3, 0.4) is 0 Å². The maximum absolute atomic E-state index is 8.96. The lowest BCUT2D eigenvalue weighted by molar-refractivity contribution is 0.289. The lowest BCUT2D eigenvalue weighted by Gasteiger charge is -2.24. The maximum atomic E-state index is 8.96. The number of nitrogens with zero attached hydrogens (tertiary/aromatic N) is 3. The van der Waals surface area contributed by atoms with Crippen molar-refractivity contribution in [3.63, 3.8) is 0 Å². The van der Waals surface area contributed by atoms with E-state index in [2.05, 4.69) is 34.0 Å². The minimum atomic E-state index is 0.208. The van der Waals surface area contributed by atoms with Crippen LogP contribution in [-0.4, -0.2) is 41.8 Å². The van der Waals surface area contributed by atoms with Gasteiger partial charge in [0.15, 0.2) is 0 Å². The number of aliphatic hydroxyl groups is 1. The number of hydrogen-bond donors (Lipinski definition) is 2. The van der Waals surface area contributed by atoms with Crippen LogP contribution in [0.15, 0.2) is 0 Å². The molecule has 0 atom stereocenters. The molecule has 0 unspecified atom stereocenters. The summed E-state index contributed by atoms with van der Waals surface area (Å²) in [7, 11) is 1.88. The van der Waals surface area contributed by atoms with E-state index in [-0.39, 0.29) is 6.61 Å². The van der Waals surface area contributed by atoms with Crippen molar-refractivity contribution in [3.05, 3.63) is 11.4 Å². The first-order valence-electron chi connectivity index (χ1n) is 6.58. The van der Waals surface area contributed by atoms with E-state index in [9.17, 15) is 0 Å². The van der Waals surface area contributed by atoms with Gasteiger partial charge in [0, 0.05) is 38.7 Å². The molecule has 0 spiro atoms. The van der Waals surface area contributed by atoms with Gasteiger partial charge < -0.3 is 15.3 Å². The predicted octanol–water partition coefficient (Wildman–Crippen LogP) is 1.60. The highest BCUT2D eigenvalue weighted by Crippen LogP contribution is 2.23. The number of aryl methyl sites for hydroxylation is 1. The van der Waals surface area contributed by atoms with Crippen LogP contribution < -0.4 is 10.2 Å². The molecule has 0 aromatic carbocycles. The Kier molecular flexibility index (Phi) is 5.85. The molecule has 2 N–H and O–H groups in total. The lowest BCUT2D eigenvalue weighted by Crippen LogP contribution is -2.27. The highest BCUT2D eigenvalue weighted by Gasteiger charge is 2.14. The van der Waals surface area contributed by atoms with Gasteiger partial charge in [0.05, 0.1) is 0 Å². The van der Waals surface area contributed by atoms with Crippen molar-refractivity contribution < 1.29 is 5.11 Å². The van der Waals surface area contributed by atoms with E-state index in [1.807, 2.05) is 14.0 Å². The molecule has 1 aromatic rings. The molecule has 18 heavy (non-hydrogen) atoms. The Balaban J connectivity index is 3.10. The van der Waals surface area contributed by atoms with Crippen LogP contribution in [0.4, 0.5) is 11.6 Å². The molecule has 0 aliphatic carbocycles. The summed E-state index contributed by atoms with van der Waals surface area (Å²) in [4.78, 5) is 11.3. The van der Waals surface area contributed by atoms with Crippen LogP contribution >= 0.6 is 0 Å². The fourth-order valence-electron chi connectivity index (χ4n) is 1.93. The molecular weight excluding hydrogens is 228 g/mol. The van der Waals surface area contributed by atoms with E-state index in [1.54, 1.807) is 0 Å². The third-order valence-corrected chi connectivity index (χ3v) is 2.99. The van der Waals surface area contributed by atoms with E-state index < -0.39 is 0 Å². The first kappa shape index (κ1) is 14.7.